The van der Waals surface area contributed by atoms with Crippen molar-refractivity contribution in [3.05, 3.63) is 30.3 Å². The summed E-state index contributed by atoms with van der Waals surface area (Å²) in [7, 11) is 0. The Morgan fingerprint density at radius 2 is 2.00 bits per heavy atom. The first-order chi connectivity index (χ1) is 9.65. The van der Waals surface area contributed by atoms with Gasteiger partial charge in [-0.25, -0.2) is 0 Å². The number of amides is 1. The molecule has 0 aliphatic rings. The van der Waals surface area contributed by atoms with Crippen molar-refractivity contribution in [3.8, 4) is 0 Å². The molecular formula is C16H26N2O2. The zero-order valence-corrected chi connectivity index (χ0v) is 12.4. The number of carbonyl (C=O) groups excluding carboxylic acids is 1. The molecule has 3 N–H and O–H groups in total. The van der Waals surface area contributed by atoms with E-state index in [0.717, 1.165) is 25.1 Å². The van der Waals surface area contributed by atoms with Crippen LogP contribution in [0.4, 0.5) is 5.69 Å². The molecule has 1 aromatic rings. The Hall–Kier alpha value is -1.39. The van der Waals surface area contributed by atoms with E-state index in [1.165, 1.54) is 0 Å². The minimum absolute atomic E-state index is 0.0198. The number of nitrogens with one attached hydrogen (secondary N) is 2. The molecule has 0 spiro atoms. The number of carbonyl (C=O) groups is 1. The second kappa shape index (κ2) is 9.50. The summed E-state index contributed by atoms with van der Waals surface area (Å²) in [4.78, 5) is 11.9. The molecule has 0 bridgehead atoms. The molecule has 2 atom stereocenters. The number of aliphatic hydroxyl groups is 1. The van der Waals surface area contributed by atoms with Crippen molar-refractivity contribution < 1.29 is 9.90 Å². The molecule has 20 heavy (non-hydrogen) atoms. The number of hydrogen-bond donors (Lipinski definition) is 3. The summed E-state index contributed by atoms with van der Waals surface area (Å²) in [5.41, 5.74) is 0.830. The van der Waals surface area contributed by atoms with Gasteiger partial charge in [0.25, 0.3) is 0 Å². The summed E-state index contributed by atoms with van der Waals surface area (Å²) in [6.45, 7) is 5.20. The summed E-state index contributed by atoms with van der Waals surface area (Å²) in [6, 6.07) is 9.61. The molecule has 112 valence electrons. The van der Waals surface area contributed by atoms with E-state index in [4.69, 9.17) is 5.11 Å². The van der Waals surface area contributed by atoms with Crippen molar-refractivity contribution in [2.75, 3.05) is 18.5 Å². The van der Waals surface area contributed by atoms with Crippen LogP contribution in [0.3, 0.4) is 0 Å². The molecule has 0 aliphatic heterocycles. The van der Waals surface area contributed by atoms with Gasteiger partial charge in [-0.15, -0.1) is 0 Å². The zero-order valence-electron chi connectivity index (χ0n) is 12.4. The van der Waals surface area contributed by atoms with Gasteiger partial charge in [0.05, 0.1) is 0 Å². The molecule has 1 aromatic carbocycles. The molecule has 4 nitrogen and oxygen atoms in total. The predicted molar refractivity (Wildman–Crippen MR) is 82.6 cm³/mol. The monoisotopic (exact) mass is 278 g/mol. The molecule has 2 unspecified atom stereocenters. The van der Waals surface area contributed by atoms with E-state index in [1.54, 1.807) is 0 Å². The Morgan fingerprint density at radius 3 is 2.60 bits per heavy atom. The van der Waals surface area contributed by atoms with Crippen molar-refractivity contribution in [2.24, 2.45) is 5.92 Å². The van der Waals surface area contributed by atoms with Gasteiger partial charge in [0.1, 0.15) is 0 Å². The van der Waals surface area contributed by atoms with Crippen LogP contribution in [0.5, 0.6) is 0 Å². The topological polar surface area (TPSA) is 61.4 Å². The molecule has 0 fully saturated rings. The van der Waals surface area contributed by atoms with Gasteiger partial charge < -0.3 is 15.7 Å². The Morgan fingerprint density at radius 1 is 1.30 bits per heavy atom. The molecule has 4 heteroatoms. The summed E-state index contributed by atoms with van der Waals surface area (Å²) >= 11 is 0. The largest absolute Gasteiger partial charge is 0.396 e. The highest BCUT2D eigenvalue weighted by Crippen LogP contribution is 2.08. The first kappa shape index (κ1) is 16.7. The van der Waals surface area contributed by atoms with Crippen molar-refractivity contribution in [2.45, 2.75) is 39.2 Å². The third kappa shape index (κ3) is 6.68. The van der Waals surface area contributed by atoms with Gasteiger partial charge >= 0.3 is 0 Å². The van der Waals surface area contributed by atoms with Crippen LogP contribution in [0.15, 0.2) is 30.3 Å². The van der Waals surface area contributed by atoms with Gasteiger partial charge in [0.15, 0.2) is 0 Å². The summed E-state index contributed by atoms with van der Waals surface area (Å²) in [5.74, 6) is 0.492. The highest BCUT2D eigenvalue weighted by Gasteiger charge is 2.11. The van der Waals surface area contributed by atoms with Crippen LogP contribution < -0.4 is 10.6 Å². The number of hydrogen-bond acceptors (Lipinski definition) is 3. The highest BCUT2D eigenvalue weighted by atomic mass is 16.3. The van der Waals surface area contributed by atoms with Crippen LogP contribution in [0.25, 0.3) is 0 Å². The van der Waals surface area contributed by atoms with Crippen molar-refractivity contribution in [3.63, 3.8) is 0 Å². The Labute approximate surface area is 121 Å². The average Bonchev–Trinajstić information content (AvgIpc) is 2.44. The lowest BCUT2D eigenvalue weighted by molar-refractivity contribution is -0.116. The Bertz CT molecular complexity index is 381. The van der Waals surface area contributed by atoms with Crippen LogP contribution in [0.1, 0.15) is 33.1 Å². The molecule has 0 radical (unpaired) electrons. The minimum atomic E-state index is 0.0198. The quantitative estimate of drug-likeness (QED) is 0.650. The lowest BCUT2D eigenvalue weighted by Gasteiger charge is -2.18. The highest BCUT2D eigenvalue weighted by molar-refractivity contribution is 5.90. The first-order valence-electron chi connectivity index (χ1n) is 7.34. The van der Waals surface area contributed by atoms with Crippen LogP contribution in [0.2, 0.25) is 0 Å². The summed E-state index contributed by atoms with van der Waals surface area (Å²) < 4.78 is 0. The number of benzene rings is 1. The second-order valence-electron chi connectivity index (χ2n) is 5.21. The SMILES string of the molecule is CCC(CCO)CNC(C)CC(=O)Nc1ccccc1. The number of para-hydroxylation sites is 1. The van der Waals surface area contributed by atoms with Crippen LogP contribution in [0, 0.1) is 5.92 Å². The maximum atomic E-state index is 11.9. The van der Waals surface area contributed by atoms with Crippen molar-refractivity contribution in [1.29, 1.82) is 0 Å². The van der Waals surface area contributed by atoms with Crippen molar-refractivity contribution >= 4 is 11.6 Å². The van der Waals surface area contributed by atoms with Gasteiger partial charge in [0, 0.05) is 24.8 Å². The minimum Gasteiger partial charge on any atom is -0.396 e. The molecular weight excluding hydrogens is 252 g/mol. The average molecular weight is 278 g/mol. The summed E-state index contributed by atoms with van der Waals surface area (Å²) in [6.07, 6.45) is 2.30. The fourth-order valence-electron chi connectivity index (χ4n) is 2.08. The van der Waals surface area contributed by atoms with Gasteiger partial charge in [-0.05, 0) is 37.9 Å². The lowest BCUT2D eigenvalue weighted by atomic mass is 10.0. The maximum absolute atomic E-state index is 11.9. The predicted octanol–water partition coefficient (Wildman–Crippen LogP) is 2.40. The third-order valence-corrected chi connectivity index (χ3v) is 3.42. The molecule has 0 heterocycles. The molecule has 0 saturated carbocycles. The fourth-order valence-corrected chi connectivity index (χ4v) is 2.08. The van der Waals surface area contributed by atoms with Gasteiger partial charge in [-0.1, -0.05) is 31.5 Å². The summed E-state index contributed by atoms with van der Waals surface area (Å²) in [5, 5.41) is 15.2. The molecule has 0 saturated heterocycles. The van der Waals surface area contributed by atoms with E-state index in [2.05, 4.69) is 17.6 Å². The molecule has 0 aromatic heterocycles. The maximum Gasteiger partial charge on any atom is 0.225 e. The van der Waals surface area contributed by atoms with Gasteiger partial charge in [-0.3, -0.25) is 4.79 Å². The normalized spacial score (nSPS) is 13.8. The standard InChI is InChI=1S/C16H26N2O2/c1-3-14(9-10-19)12-17-13(2)11-16(20)18-15-7-5-4-6-8-15/h4-8,13-14,17,19H,3,9-12H2,1-2H3,(H,18,20). The smallest absolute Gasteiger partial charge is 0.225 e. The molecule has 1 rings (SSSR count). The van der Waals surface area contributed by atoms with Crippen LogP contribution >= 0.6 is 0 Å². The number of rotatable bonds is 9. The Kier molecular flexibility index (Phi) is 7.92. The van der Waals surface area contributed by atoms with E-state index in [9.17, 15) is 4.79 Å². The van der Waals surface area contributed by atoms with Gasteiger partial charge in [-0.2, -0.15) is 0 Å². The molecule has 1 amide bonds. The zero-order chi connectivity index (χ0) is 14.8. The van der Waals surface area contributed by atoms with Crippen molar-refractivity contribution in [1.82, 2.24) is 5.32 Å². The molecule has 0 aliphatic carbocycles. The van der Waals surface area contributed by atoms with E-state index in [0.29, 0.717) is 12.3 Å². The number of aliphatic hydroxyl groups excluding tert-OH is 1. The second-order valence-corrected chi connectivity index (χ2v) is 5.21. The lowest BCUT2D eigenvalue weighted by Crippen LogP contribution is -2.34. The van der Waals surface area contributed by atoms with E-state index in [-0.39, 0.29) is 18.6 Å². The first-order valence-corrected chi connectivity index (χ1v) is 7.34. The van der Waals surface area contributed by atoms with E-state index < -0.39 is 0 Å². The Balaban J connectivity index is 2.27. The van der Waals surface area contributed by atoms with E-state index >= 15 is 0 Å². The fraction of sp³-hybridized carbons (Fsp3) is 0.562. The van der Waals surface area contributed by atoms with Crippen LogP contribution in [-0.2, 0) is 4.79 Å². The van der Waals surface area contributed by atoms with E-state index in [1.807, 2.05) is 37.3 Å². The number of anilines is 1. The third-order valence-electron chi connectivity index (χ3n) is 3.42. The van der Waals surface area contributed by atoms with Crippen LogP contribution in [-0.4, -0.2) is 30.2 Å². The van der Waals surface area contributed by atoms with Gasteiger partial charge in [0.2, 0.25) is 5.91 Å².